The molecule has 0 unspecified atom stereocenters. The monoisotopic (exact) mass is 274 g/mol. The summed E-state index contributed by atoms with van der Waals surface area (Å²) in [4.78, 5) is 18.2. The van der Waals surface area contributed by atoms with Crippen LogP contribution >= 0.6 is 11.3 Å². The number of thiazole rings is 1. The van der Waals surface area contributed by atoms with Gasteiger partial charge >= 0.3 is 5.97 Å². The molecule has 98 valence electrons. The van der Waals surface area contributed by atoms with Crippen molar-refractivity contribution in [2.24, 2.45) is 0 Å². The normalized spacial score (nSPS) is 13.6. The van der Waals surface area contributed by atoms with Crippen molar-refractivity contribution in [3.8, 4) is 0 Å². The van der Waals surface area contributed by atoms with Gasteiger partial charge in [0.05, 0.1) is 5.69 Å². The van der Waals surface area contributed by atoms with Gasteiger partial charge in [-0.3, -0.25) is 0 Å². The molecular formula is C14H14N2O2S. The highest BCUT2D eigenvalue weighted by molar-refractivity contribution is 7.17. The number of carboxylic acid groups (broad SMARTS) is 1. The largest absolute Gasteiger partial charge is 0.477 e. The van der Waals surface area contributed by atoms with Crippen molar-refractivity contribution in [1.82, 2.24) is 4.98 Å². The lowest BCUT2D eigenvalue weighted by molar-refractivity contribution is 0.0701. The molecular weight excluding hydrogens is 260 g/mol. The van der Waals surface area contributed by atoms with Crippen molar-refractivity contribution in [2.75, 3.05) is 11.4 Å². The predicted molar refractivity (Wildman–Crippen MR) is 75.6 cm³/mol. The molecule has 0 fully saturated rings. The Morgan fingerprint density at radius 1 is 1.47 bits per heavy atom. The first kappa shape index (κ1) is 12.2. The maximum Gasteiger partial charge on any atom is 0.347 e. The number of nitrogens with zero attached hydrogens (tertiary/aromatic N) is 2. The van der Waals surface area contributed by atoms with Crippen molar-refractivity contribution in [3.63, 3.8) is 0 Å². The molecule has 1 aromatic carbocycles. The lowest BCUT2D eigenvalue weighted by Crippen LogP contribution is -2.12. The summed E-state index contributed by atoms with van der Waals surface area (Å²) in [5.74, 6) is -0.881. The van der Waals surface area contributed by atoms with Crippen LogP contribution in [0.1, 0.15) is 27.9 Å². The van der Waals surface area contributed by atoms with E-state index in [0.717, 1.165) is 23.8 Å². The van der Waals surface area contributed by atoms with Gasteiger partial charge in [0.15, 0.2) is 5.13 Å². The van der Waals surface area contributed by atoms with Gasteiger partial charge in [0.25, 0.3) is 0 Å². The van der Waals surface area contributed by atoms with Crippen molar-refractivity contribution in [2.45, 2.75) is 19.8 Å². The van der Waals surface area contributed by atoms with E-state index in [1.54, 1.807) is 0 Å². The molecule has 0 atom stereocenters. The average molecular weight is 274 g/mol. The van der Waals surface area contributed by atoms with E-state index in [4.69, 9.17) is 0 Å². The topological polar surface area (TPSA) is 53.4 Å². The second kappa shape index (κ2) is 4.66. The number of hydrogen-bond donors (Lipinski definition) is 1. The quantitative estimate of drug-likeness (QED) is 0.934. The Morgan fingerprint density at radius 3 is 2.95 bits per heavy atom. The zero-order valence-electron chi connectivity index (χ0n) is 10.6. The Morgan fingerprint density at radius 2 is 2.26 bits per heavy atom. The molecule has 2 heterocycles. The van der Waals surface area contributed by atoms with Crippen LogP contribution < -0.4 is 4.90 Å². The van der Waals surface area contributed by atoms with Gasteiger partial charge in [0, 0.05) is 12.2 Å². The van der Waals surface area contributed by atoms with E-state index in [1.165, 1.54) is 16.9 Å². The third-order valence-corrected chi connectivity index (χ3v) is 4.44. The molecule has 0 bridgehead atoms. The number of aryl methyl sites for hydroxylation is 1. The molecule has 0 aliphatic carbocycles. The molecule has 0 saturated heterocycles. The Kier molecular flexibility index (Phi) is 2.98. The van der Waals surface area contributed by atoms with Crippen LogP contribution in [0.5, 0.6) is 0 Å². The van der Waals surface area contributed by atoms with Gasteiger partial charge in [-0.15, -0.1) is 0 Å². The number of carboxylic acids is 1. The van der Waals surface area contributed by atoms with Crippen LogP contribution in [-0.2, 0) is 12.8 Å². The highest BCUT2D eigenvalue weighted by Crippen LogP contribution is 2.37. The highest BCUT2D eigenvalue weighted by Gasteiger charge is 2.25. The zero-order chi connectivity index (χ0) is 13.4. The van der Waals surface area contributed by atoms with Crippen LogP contribution in [-0.4, -0.2) is 22.6 Å². The van der Waals surface area contributed by atoms with Crippen LogP contribution in [0.25, 0.3) is 0 Å². The highest BCUT2D eigenvalue weighted by atomic mass is 32.1. The number of anilines is 2. The van der Waals surface area contributed by atoms with Crippen LogP contribution in [0, 0.1) is 0 Å². The van der Waals surface area contributed by atoms with Crippen molar-refractivity contribution >= 4 is 28.1 Å². The lowest BCUT2D eigenvalue weighted by atomic mass is 10.2. The Balaban J connectivity index is 2.03. The molecule has 2 aromatic rings. The summed E-state index contributed by atoms with van der Waals surface area (Å²) in [5.41, 5.74) is 3.13. The van der Waals surface area contributed by atoms with Gasteiger partial charge in [-0.2, -0.15) is 0 Å². The van der Waals surface area contributed by atoms with E-state index in [-0.39, 0.29) is 0 Å². The summed E-state index contributed by atoms with van der Waals surface area (Å²) in [5, 5.41) is 9.99. The molecule has 0 amide bonds. The molecule has 1 aliphatic rings. The number of rotatable bonds is 3. The van der Waals surface area contributed by atoms with Crippen LogP contribution in [0.15, 0.2) is 24.3 Å². The number of para-hydroxylation sites is 1. The minimum atomic E-state index is -0.881. The Labute approximate surface area is 115 Å². The van der Waals surface area contributed by atoms with Crippen molar-refractivity contribution < 1.29 is 9.90 Å². The molecule has 1 aromatic heterocycles. The van der Waals surface area contributed by atoms with Crippen LogP contribution in [0.2, 0.25) is 0 Å². The SMILES string of the molecule is CCc1nc(N2CCc3ccccc32)sc1C(=O)O. The zero-order valence-corrected chi connectivity index (χ0v) is 11.4. The number of aromatic carboxylic acids is 1. The minimum Gasteiger partial charge on any atom is -0.477 e. The fourth-order valence-electron chi connectivity index (χ4n) is 2.40. The van der Waals surface area contributed by atoms with Gasteiger partial charge in [-0.25, -0.2) is 9.78 Å². The van der Waals surface area contributed by atoms with Crippen molar-refractivity contribution in [1.29, 1.82) is 0 Å². The second-order valence-electron chi connectivity index (χ2n) is 4.46. The number of benzene rings is 1. The second-order valence-corrected chi connectivity index (χ2v) is 5.44. The molecule has 4 nitrogen and oxygen atoms in total. The summed E-state index contributed by atoms with van der Waals surface area (Å²) in [6.45, 7) is 2.80. The van der Waals surface area contributed by atoms with Gasteiger partial charge in [-0.1, -0.05) is 36.5 Å². The third-order valence-electron chi connectivity index (χ3n) is 3.33. The lowest BCUT2D eigenvalue weighted by Gasteiger charge is -2.15. The van der Waals surface area contributed by atoms with E-state index < -0.39 is 5.97 Å². The van der Waals surface area contributed by atoms with Gasteiger partial charge in [0.1, 0.15) is 4.88 Å². The molecule has 5 heteroatoms. The van der Waals surface area contributed by atoms with Crippen molar-refractivity contribution in [3.05, 3.63) is 40.4 Å². The first-order valence-corrected chi connectivity index (χ1v) is 7.10. The fourth-order valence-corrected chi connectivity index (χ4v) is 3.43. The standard InChI is InChI=1S/C14H14N2O2S/c1-2-10-12(13(17)18)19-14(15-10)16-8-7-9-5-3-4-6-11(9)16/h3-6H,2,7-8H2,1H3,(H,17,18). The third kappa shape index (κ3) is 2.00. The first-order chi connectivity index (χ1) is 9.20. The predicted octanol–water partition coefficient (Wildman–Crippen LogP) is 3.10. The minimum absolute atomic E-state index is 0.363. The van der Waals surface area contributed by atoms with E-state index in [2.05, 4.69) is 22.0 Å². The summed E-state index contributed by atoms with van der Waals surface area (Å²) in [6, 6.07) is 8.21. The van der Waals surface area contributed by atoms with Gasteiger partial charge in [0.2, 0.25) is 0 Å². The van der Waals surface area contributed by atoms with Crippen LogP contribution in [0.3, 0.4) is 0 Å². The number of carbonyl (C=O) groups is 1. The number of hydrogen-bond acceptors (Lipinski definition) is 4. The number of fused-ring (bicyclic) bond motifs is 1. The van der Waals surface area contributed by atoms with E-state index >= 15 is 0 Å². The molecule has 19 heavy (non-hydrogen) atoms. The first-order valence-electron chi connectivity index (χ1n) is 6.29. The molecule has 0 radical (unpaired) electrons. The van der Waals surface area contributed by atoms with Gasteiger partial charge < -0.3 is 10.0 Å². The summed E-state index contributed by atoms with van der Waals surface area (Å²) in [6.07, 6.45) is 1.63. The maximum absolute atomic E-state index is 11.2. The summed E-state index contributed by atoms with van der Waals surface area (Å²) < 4.78 is 0. The van der Waals surface area contributed by atoms with E-state index in [0.29, 0.717) is 17.0 Å². The fraction of sp³-hybridized carbons (Fsp3) is 0.286. The Bertz CT molecular complexity index is 636. The van der Waals surface area contributed by atoms with E-state index in [9.17, 15) is 9.90 Å². The Hall–Kier alpha value is -1.88. The number of aromatic nitrogens is 1. The maximum atomic E-state index is 11.2. The summed E-state index contributed by atoms with van der Waals surface area (Å²) in [7, 11) is 0. The molecule has 1 N–H and O–H groups in total. The van der Waals surface area contributed by atoms with Gasteiger partial charge in [-0.05, 0) is 24.5 Å². The molecule has 0 saturated carbocycles. The molecule has 0 spiro atoms. The molecule has 3 rings (SSSR count). The smallest absolute Gasteiger partial charge is 0.347 e. The summed E-state index contributed by atoms with van der Waals surface area (Å²) >= 11 is 1.27. The van der Waals surface area contributed by atoms with E-state index in [1.807, 2.05) is 19.1 Å². The average Bonchev–Trinajstić information content (AvgIpc) is 3.01. The van der Waals surface area contributed by atoms with Crippen LogP contribution in [0.4, 0.5) is 10.8 Å². The molecule has 1 aliphatic heterocycles.